The average Bonchev–Trinajstić information content (AvgIpc) is 1.69. The Balaban J connectivity index is 2.12. The molecular formula is C4H11N3. The zero-order valence-corrected chi connectivity index (χ0v) is 4.49. The van der Waals surface area contributed by atoms with Crippen molar-refractivity contribution in [2.24, 2.45) is 0 Å². The van der Waals surface area contributed by atoms with Crippen molar-refractivity contribution in [2.75, 3.05) is 13.2 Å². The second-order valence-electron chi connectivity index (χ2n) is 1.84. The lowest BCUT2D eigenvalue weighted by atomic mass is 10.3. The Kier molecular flexibility index (Phi) is 1.62. The van der Waals surface area contributed by atoms with Gasteiger partial charge < -0.3 is 0 Å². The highest BCUT2D eigenvalue weighted by atomic mass is 15.4. The molecule has 3 N–H and O–H groups in total. The maximum absolute atomic E-state index is 3.21. The van der Waals surface area contributed by atoms with Gasteiger partial charge in [0, 0.05) is 12.6 Å². The smallest absolute Gasteiger partial charge is 0.0592 e. The summed E-state index contributed by atoms with van der Waals surface area (Å²) in [4.78, 5) is 0. The van der Waals surface area contributed by atoms with E-state index in [0.29, 0.717) is 6.04 Å². The van der Waals surface area contributed by atoms with E-state index in [9.17, 15) is 0 Å². The lowest BCUT2D eigenvalue weighted by Crippen LogP contribution is -2.54. The molecule has 3 heteroatoms. The van der Waals surface area contributed by atoms with E-state index < -0.39 is 0 Å². The number of rotatable bonds is 0. The summed E-state index contributed by atoms with van der Waals surface area (Å²) in [7, 11) is 0. The number of nitrogens with one attached hydrogen (secondary N) is 3. The predicted molar refractivity (Wildman–Crippen MR) is 28.6 cm³/mol. The van der Waals surface area contributed by atoms with E-state index in [2.05, 4.69) is 23.1 Å². The van der Waals surface area contributed by atoms with Crippen LogP contribution in [-0.2, 0) is 0 Å². The molecule has 1 fully saturated rings. The van der Waals surface area contributed by atoms with Crippen LogP contribution in [0.1, 0.15) is 6.92 Å². The van der Waals surface area contributed by atoms with Crippen LogP contribution < -0.4 is 16.2 Å². The van der Waals surface area contributed by atoms with E-state index in [1.54, 1.807) is 0 Å². The third-order valence-corrected chi connectivity index (χ3v) is 1.07. The molecule has 0 aromatic carbocycles. The first-order valence-electron chi connectivity index (χ1n) is 2.58. The predicted octanol–water partition coefficient (Wildman–Crippen LogP) is -0.970. The number of hydrogen-bond donors (Lipinski definition) is 3. The molecule has 0 spiro atoms. The zero-order valence-electron chi connectivity index (χ0n) is 4.49. The van der Waals surface area contributed by atoms with Crippen LogP contribution in [0.5, 0.6) is 0 Å². The van der Waals surface area contributed by atoms with E-state index in [1.165, 1.54) is 0 Å². The Bertz CT molecular complexity index is 48.9. The fraction of sp³-hybridized carbons (Fsp3) is 1.00. The van der Waals surface area contributed by atoms with Gasteiger partial charge in [-0.3, -0.25) is 10.7 Å². The second-order valence-corrected chi connectivity index (χ2v) is 1.84. The van der Waals surface area contributed by atoms with Crippen molar-refractivity contribution in [1.82, 2.24) is 16.2 Å². The highest BCUT2D eigenvalue weighted by molar-refractivity contribution is 4.64. The number of hydrazine groups is 1. The fourth-order valence-electron chi connectivity index (χ4n) is 0.585. The highest BCUT2D eigenvalue weighted by Crippen LogP contribution is 1.77. The van der Waals surface area contributed by atoms with Crippen LogP contribution in [0.2, 0.25) is 0 Å². The quantitative estimate of drug-likeness (QED) is 0.367. The first kappa shape index (κ1) is 5.03. The van der Waals surface area contributed by atoms with Crippen molar-refractivity contribution in [1.29, 1.82) is 0 Å². The van der Waals surface area contributed by atoms with Gasteiger partial charge in [-0.15, -0.1) is 0 Å². The van der Waals surface area contributed by atoms with Gasteiger partial charge in [-0.25, -0.2) is 5.43 Å². The molecule has 7 heavy (non-hydrogen) atoms. The van der Waals surface area contributed by atoms with Crippen LogP contribution in [-0.4, -0.2) is 19.3 Å². The van der Waals surface area contributed by atoms with E-state index in [1.807, 2.05) is 0 Å². The first-order chi connectivity index (χ1) is 3.39. The minimum absolute atomic E-state index is 0.612. The second kappa shape index (κ2) is 2.26. The molecule has 0 radical (unpaired) electrons. The summed E-state index contributed by atoms with van der Waals surface area (Å²) in [6.07, 6.45) is 0. The molecule has 3 nitrogen and oxygen atoms in total. The van der Waals surface area contributed by atoms with Crippen molar-refractivity contribution in [3.63, 3.8) is 0 Å². The monoisotopic (exact) mass is 101 g/mol. The molecule has 1 aliphatic rings. The van der Waals surface area contributed by atoms with Crippen LogP contribution in [0.25, 0.3) is 0 Å². The summed E-state index contributed by atoms with van der Waals surface area (Å²) in [6, 6.07) is 0.612. The van der Waals surface area contributed by atoms with Crippen molar-refractivity contribution in [2.45, 2.75) is 13.0 Å². The third kappa shape index (κ3) is 1.43. The summed E-state index contributed by atoms with van der Waals surface area (Å²) in [5.41, 5.74) is 5.98. The van der Waals surface area contributed by atoms with Gasteiger partial charge in [0.1, 0.15) is 0 Å². The largest absolute Gasteiger partial charge is 0.300 e. The van der Waals surface area contributed by atoms with Gasteiger partial charge >= 0.3 is 0 Å². The van der Waals surface area contributed by atoms with Gasteiger partial charge in [-0.1, -0.05) is 0 Å². The summed E-state index contributed by atoms with van der Waals surface area (Å²) in [5.74, 6) is 0. The molecule has 1 aliphatic heterocycles. The Morgan fingerprint density at radius 3 is 2.57 bits per heavy atom. The van der Waals surface area contributed by atoms with E-state index in [4.69, 9.17) is 0 Å². The van der Waals surface area contributed by atoms with Crippen LogP contribution in [0, 0.1) is 0 Å². The SMILES string of the molecule is CC1CNNCN1. The third-order valence-electron chi connectivity index (χ3n) is 1.07. The molecule has 0 bridgehead atoms. The van der Waals surface area contributed by atoms with Gasteiger partial charge in [-0.05, 0) is 6.92 Å². The molecule has 1 heterocycles. The molecule has 0 saturated carbocycles. The lowest BCUT2D eigenvalue weighted by molar-refractivity contribution is 0.360. The van der Waals surface area contributed by atoms with Crippen LogP contribution in [0.15, 0.2) is 0 Å². The van der Waals surface area contributed by atoms with Gasteiger partial charge in [0.15, 0.2) is 0 Å². The molecule has 0 amide bonds. The molecule has 42 valence electrons. The number of hydrogen-bond acceptors (Lipinski definition) is 3. The summed E-state index contributed by atoms with van der Waals surface area (Å²) >= 11 is 0. The van der Waals surface area contributed by atoms with Gasteiger partial charge in [0.2, 0.25) is 0 Å². The first-order valence-corrected chi connectivity index (χ1v) is 2.58. The normalized spacial score (nSPS) is 33.0. The van der Waals surface area contributed by atoms with Gasteiger partial charge in [0.05, 0.1) is 6.67 Å². The fourth-order valence-corrected chi connectivity index (χ4v) is 0.585. The summed E-state index contributed by atoms with van der Waals surface area (Å²) in [6.45, 7) is 4.04. The van der Waals surface area contributed by atoms with Crippen molar-refractivity contribution in [3.05, 3.63) is 0 Å². The molecule has 0 aromatic rings. The van der Waals surface area contributed by atoms with Crippen LogP contribution in [0.4, 0.5) is 0 Å². The Hall–Kier alpha value is -0.120. The minimum atomic E-state index is 0.612. The van der Waals surface area contributed by atoms with Crippen LogP contribution in [0.3, 0.4) is 0 Å². The topological polar surface area (TPSA) is 36.1 Å². The molecule has 0 aromatic heterocycles. The minimum Gasteiger partial charge on any atom is -0.300 e. The maximum Gasteiger partial charge on any atom is 0.0592 e. The molecule has 1 unspecified atom stereocenters. The van der Waals surface area contributed by atoms with Crippen molar-refractivity contribution < 1.29 is 0 Å². The van der Waals surface area contributed by atoms with Gasteiger partial charge in [0.25, 0.3) is 0 Å². The summed E-state index contributed by atoms with van der Waals surface area (Å²) < 4.78 is 0. The summed E-state index contributed by atoms with van der Waals surface area (Å²) in [5, 5.41) is 3.21. The van der Waals surface area contributed by atoms with Crippen molar-refractivity contribution in [3.8, 4) is 0 Å². The Labute approximate surface area is 43.4 Å². The molecule has 1 rings (SSSR count). The Morgan fingerprint density at radius 1 is 1.43 bits per heavy atom. The Morgan fingerprint density at radius 2 is 2.29 bits per heavy atom. The van der Waals surface area contributed by atoms with Gasteiger partial charge in [-0.2, -0.15) is 0 Å². The lowest BCUT2D eigenvalue weighted by Gasteiger charge is -2.21. The van der Waals surface area contributed by atoms with E-state index in [0.717, 1.165) is 13.2 Å². The molecule has 1 saturated heterocycles. The van der Waals surface area contributed by atoms with E-state index in [-0.39, 0.29) is 0 Å². The van der Waals surface area contributed by atoms with E-state index >= 15 is 0 Å². The highest BCUT2D eigenvalue weighted by Gasteiger charge is 2.02. The standard InChI is InChI=1S/C4H11N3/c1-4-2-6-7-3-5-4/h4-7H,2-3H2,1H3. The maximum atomic E-state index is 3.21. The zero-order chi connectivity index (χ0) is 5.11. The molecule has 1 atom stereocenters. The van der Waals surface area contributed by atoms with Crippen molar-refractivity contribution >= 4 is 0 Å². The van der Waals surface area contributed by atoms with Crippen LogP contribution >= 0.6 is 0 Å². The molecule has 0 aliphatic carbocycles. The average molecular weight is 101 g/mol. The molecular weight excluding hydrogens is 90.1 g/mol.